The number of unbranched alkanes of at least 4 members (excludes halogenated alkanes) is 7. The molecule has 9 N–H and O–H groups in total. The SMILES string of the molecule is COc1ccc([C@@H]2[C@@H](CC[C@H](O)c3ccc(F)cc3)C(=O)N2c2ccc(C(O)(C(=O)NN(C[C@H](O)[C@@H](O)[C@H](O)[C@H](O)CO)C(=O)CCCCCCCCCCC(=O)O)c3ccccc3)cc2)cc1. The number of anilines is 1. The molecule has 68 heavy (non-hydrogen) atoms. The Balaban J connectivity index is 1.37. The minimum atomic E-state index is -2.49. The summed E-state index contributed by atoms with van der Waals surface area (Å²) in [6.45, 7) is -1.72. The third-order valence-corrected chi connectivity index (χ3v) is 12.5. The molecule has 1 fully saturated rings. The van der Waals surface area contributed by atoms with Crippen LogP contribution in [0.25, 0.3) is 0 Å². The molecule has 8 atom stereocenters. The van der Waals surface area contributed by atoms with Gasteiger partial charge in [0.2, 0.25) is 11.8 Å². The maximum Gasteiger partial charge on any atom is 0.303 e. The summed E-state index contributed by atoms with van der Waals surface area (Å²) >= 11 is 0. The number of aliphatic carboxylic acids is 1. The number of carboxylic acid groups (broad SMARTS) is 1. The first-order valence-electron chi connectivity index (χ1n) is 23.1. The quantitative estimate of drug-likeness (QED) is 0.0226. The lowest BCUT2D eigenvalue weighted by atomic mass is 9.78. The fourth-order valence-corrected chi connectivity index (χ4v) is 8.48. The molecule has 1 aliphatic heterocycles. The number of hydrogen-bond acceptors (Lipinski definition) is 12. The smallest absolute Gasteiger partial charge is 0.303 e. The standard InChI is InChI=1S/C51H64FN3O13/c1-68-39-27-19-34(20-28-39)46-40(29-30-41(57)33-17-23-37(52)24-18-33)49(65)55(46)38-25-21-36(22-26-38)51(67,35-13-9-8-10-14-35)50(66)53-54(31-42(58)47(63)48(64)43(59)32-56)44(60)15-11-6-4-2-3-5-7-12-16-45(61)62/h8-10,13-14,17-28,40-43,46-48,56-59,63-64,67H,2-7,11-12,15-16,29-32H2,1H3,(H,53,66)(H,61,62)/t40-,41+,42+,43-,46-,47-,48-,51?/m1/s1. The van der Waals surface area contributed by atoms with Crippen molar-refractivity contribution in [1.82, 2.24) is 10.4 Å². The van der Waals surface area contributed by atoms with E-state index in [2.05, 4.69) is 5.43 Å². The van der Waals surface area contributed by atoms with Crippen molar-refractivity contribution in [1.29, 1.82) is 0 Å². The fourth-order valence-electron chi connectivity index (χ4n) is 8.48. The fraction of sp³-hybridized carbons (Fsp3) is 0.451. The van der Waals surface area contributed by atoms with E-state index in [1.54, 1.807) is 47.4 Å². The van der Waals surface area contributed by atoms with Crippen LogP contribution >= 0.6 is 0 Å². The molecule has 1 heterocycles. The van der Waals surface area contributed by atoms with Gasteiger partial charge in [-0.25, -0.2) is 4.39 Å². The lowest BCUT2D eigenvalue weighted by Crippen LogP contribution is -2.58. The van der Waals surface area contributed by atoms with Gasteiger partial charge in [0, 0.05) is 18.5 Å². The molecule has 4 aromatic rings. The van der Waals surface area contributed by atoms with Gasteiger partial charge < -0.3 is 50.5 Å². The summed E-state index contributed by atoms with van der Waals surface area (Å²) in [5.41, 5.74) is 1.81. The zero-order valence-corrected chi connectivity index (χ0v) is 38.1. The van der Waals surface area contributed by atoms with Crippen molar-refractivity contribution in [2.45, 2.75) is 119 Å². The van der Waals surface area contributed by atoms with Crippen LogP contribution in [-0.4, -0.2) is 114 Å². The monoisotopic (exact) mass is 945 g/mol. The number of carboxylic acids is 1. The van der Waals surface area contributed by atoms with E-state index in [1.165, 1.54) is 55.6 Å². The van der Waals surface area contributed by atoms with Gasteiger partial charge in [-0.2, -0.15) is 0 Å². The average molecular weight is 946 g/mol. The summed E-state index contributed by atoms with van der Waals surface area (Å²) in [6.07, 6.45) is -2.43. The molecular formula is C51H64FN3O13. The molecule has 368 valence electrons. The number of rotatable bonds is 27. The van der Waals surface area contributed by atoms with Gasteiger partial charge in [0.15, 0.2) is 5.60 Å². The molecule has 17 heteroatoms. The first-order chi connectivity index (χ1) is 32.6. The van der Waals surface area contributed by atoms with E-state index >= 15 is 0 Å². The second-order valence-corrected chi connectivity index (χ2v) is 17.3. The Labute approximate surface area is 395 Å². The second kappa shape index (κ2) is 25.5. The number of hydrazine groups is 1. The molecule has 0 aromatic heterocycles. The van der Waals surface area contributed by atoms with Crippen LogP contribution in [-0.2, 0) is 24.8 Å². The minimum Gasteiger partial charge on any atom is -0.497 e. The Kier molecular flexibility index (Phi) is 20.0. The number of nitrogens with one attached hydrogen (secondary N) is 1. The van der Waals surface area contributed by atoms with Crippen LogP contribution in [0.4, 0.5) is 10.1 Å². The van der Waals surface area contributed by atoms with E-state index in [-0.39, 0.29) is 36.3 Å². The Morgan fingerprint density at radius 1 is 0.750 bits per heavy atom. The highest BCUT2D eigenvalue weighted by Crippen LogP contribution is 2.47. The van der Waals surface area contributed by atoms with E-state index in [4.69, 9.17) is 9.84 Å². The number of aliphatic hydroxyl groups excluding tert-OH is 6. The number of carbonyl (C=O) groups excluding carboxylic acids is 3. The topological polar surface area (TPSA) is 258 Å². The summed E-state index contributed by atoms with van der Waals surface area (Å²) in [6, 6.07) is 26.2. The number of ether oxygens (including phenoxy) is 1. The molecule has 1 saturated heterocycles. The van der Waals surface area contributed by atoms with E-state index in [1.807, 2.05) is 12.1 Å². The van der Waals surface area contributed by atoms with Crippen molar-refractivity contribution in [3.05, 3.63) is 131 Å². The highest BCUT2D eigenvalue weighted by Gasteiger charge is 2.49. The zero-order valence-electron chi connectivity index (χ0n) is 38.1. The number of benzene rings is 4. The van der Waals surface area contributed by atoms with Gasteiger partial charge in [-0.1, -0.05) is 105 Å². The van der Waals surface area contributed by atoms with Crippen molar-refractivity contribution in [3.63, 3.8) is 0 Å². The van der Waals surface area contributed by atoms with Gasteiger partial charge in [0.25, 0.3) is 5.91 Å². The summed E-state index contributed by atoms with van der Waals surface area (Å²) in [5, 5.41) is 84.2. The van der Waals surface area contributed by atoms with Gasteiger partial charge >= 0.3 is 5.97 Å². The molecule has 0 aliphatic carbocycles. The Hall–Kier alpha value is -5.79. The number of halogens is 1. The largest absolute Gasteiger partial charge is 0.497 e. The van der Waals surface area contributed by atoms with Crippen LogP contribution < -0.4 is 15.1 Å². The molecule has 1 unspecified atom stereocenters. The van der Waals surface area contributed by atoms with Crippen LogP contribution in [0, 0.1) is 11.7 Å². The van der Waals surface area contributed by atoms with E-state index in [0.717, 1.165) is 42.7 Å². The lowest BCUT2D eigenvalue weighted by molar-refractivity contribution is -0.155. The molecule has 0 radical (unpaired) electrons. The number of β-lactam (4-membered cyclic amide) rings is 1. The molecule has 16 nitrogen and oxygen atoms in total. The maximum absolute atomic E-state index is 14.5. The first-order valence-corrected chi connectivity index (χ1v) is 23.1. The number of hydrogen-bond donors (Lipinski definition) is 9. The summed E-state index contributed by atoms with van der Waals surface area (Å²) in [4.78, 5) is 54.7. The average Bonchev–Trinajstić information content (AvgIpc) is 3.35. The summed E-state index contributed by atoms with van der Waals surface area (Å²) in [7, 11) is 1.54. The highest BCUT2D eigenvalue weighted by atomic mass is 19.1. The van der Waals surface area contributed by atoms with E-state index < -0.39 is 84.8 Å². The van der Waals surface area contributed by atoms with Gasteiger partial charge in [0.05, 0.1) is 38.3 Å². The third kappa shape index (κ3) is 13.7. The molecule has 1 aliphatic rings. The zero-order chi connectivity index (χ0) is 49.4. The number of carbonyl (C=O) groups is 4. The molecule has 0 bridgehead atoms. The maximum atomic E-state index is 14.5. The number of aliphatic hydroxyl groups is 7. The number of nitrogens with zero attached hydrogens (tertiary/aromatic N) is 2. The number of amides is 3. The van der Waals surface area contributed by atoms with Crippen molar-refractivity contribution >= 4 is 29.4 Å². The van der Waals surface area contributed by atoms with Gasteiger partial charge in [0.1, 0.15) is 36.0 Å². The van der Waals surface area contributed by atoms with Crippen molar-refractivity contribution in [2.24, 2.45) is 5.92 Å². The van der Waals surface area contributed by atoms with Crippen LogP contribution in [0.3, 0.4) is 0 Å². The molecule has 5 rings (SSSR count). The van der Waals surface area contributed by atoms with E-state index in [0.29, 0.717) is 42.7 Å². The molecule has 0 saturated carbocycles. The normalized spacial score (nSPS) is 17.8. The predicted molar refractivity (Wildman–Crippen MR) is 248 cm³/mol. The van der Waals surface area contributed by atoms with Crippen LogP contribution in [0.15, 0.2) is 103 Å². The van der Waals surface area contributed by atoms with Gasteiger partial charge in [-0.05, 0) is 84.3 Å². The molecule has 3 amide bonds. The second-order valence-electron chi connectivity index (χ2n) is 17.3. The molecule has 4 aromatic carbocycles. The van der Waals surface area contributed by atoms with Crippen LogP contribution in [0.2, 0.25) is 0 Å². The van der Waals surface area contributed by atoms with Gasteiger partial charge in [-0.3, -0.25) is 29.6 Å². The highest BCUT2D eigenvalue weighted by molar-refractivity contribution is 6.03. The predicted octanol–water partition coefficient (Wildman–Crippen LogP) is 4.57. The van der Waals surface area contributed by atoms with Crippen molar-refractivity contribution < 1.29 is 69.2 Å². The summed E-state index contributed by atoms with van der Waals surface area (Å²) in [5.74, 6) is -3.25. The van der Waals surface area contributed by atoms with Crippen molar-refractivity contribution in [3.8, 4) is 5.75 Å². The lowest BCUT2D eigenvalue weighted by Gasteiger charge is -2.48. The summed E-state index contributed by atoms with van der Waals surface area (Å²) < 4.78 is 18.9. The Morgan fingerprint density at radius 2 is 1.31 bits per heavy atom. The molecular weight excluding hydrogens is 882 g/mol. The number of methoxy groups -OCH3 is 1. The minimum absolute atomic E-state index is 0.0373. The first kappa shape index (κ1) is 53.2. The van der Waals surface area contributed by atoms with Gasteiger partial charge in [-0.15, -0.1) is 0 Å². The van der Waals surface area contributed by atoms with Crippen LogP contribution in [0.1, 0.15) is 111 Å². The Morgan fingerprint density at radius 3 is 1.88 bits per heavy atom. The molecule has 0 spiro atoms. The third-order valence-electron chi connectivity index (χ3n) is 12.5. The van der Waals surface area contributed by atoms with Crippen LogP contribution in [0.5, 0.6) is 5.75 Å². The Bertz CT molecular complexity index is 2220. The van der Waals surface area contributed by atoms with E-state index in [9.17, 15) is 59.3 Å². The van der Waals surface area contributed by atoms with Crippen molar-refractivity contribution in [2.75, 3.05) is 25.2 Å².